The minimum atomic E-state index is -0.598. The van der Waals surface area contributed by atoms with E-state index in [4.69, 9.17) is 0 Å². The van der Waals surface area contributed by atoms with E-state index in [1.54, 1.807) is 0 Å². The number of hydrogen-bond acceptors (Lipinski definition) is 1. The zero-order valence-corrected chi connectivity index (χ0v) is 8.65. The van der Waals surface area contributed by atoms with Gasteiger partial charge in [-0.15, -0.1) is 0 Å². The van der Waals surface area contributed by atoms with Gasteiger partial charge in [-0.1, -0.05) is 31.9 Å². The Hall–Kier alpha value is -0.790. The van der Waals surface area contributed by atoms with Gasteiger partial charge in [-0.2, -0.15) is 0 Å². The first-order valence-electron chi connectivity index (χ1n) is 5.61. The van der Waals surface area contributed by atoms with Crippen molar-refractivity contribution in [2.24, 2.45) is 23.7 Å². The Morgan fingerprint density at radius 2 is 2.00 bits per heavy atom. The lowest BCUT2D eigenvalue weighted by atomic mass is 9.65. The highest BCUT2D eigenvalue weighted by molar-refractivity contribution is 5.71. The van der Waals surface area contributed by atoms with Crippen LogP contribution in [0.25, 0.3) is 0 Å². The molecule has 0 heterocycles. The lowest BCUT2D eigenvalue weighted by Gasteiger charge is -2.39. The molecule has 1 fully saturated rings. The second kappa shape index (κ2) is 3.76. The second-order valence-corrected chi connectivity index (χ2v) is 4.72. The Balaban J connectivity index is 2.21. The van der Waals surface area contributed by atoms with Crippen molar-refractivity contribution < 1.29 is 9.90 Å². The molecule has 2 nitrogen and oxygen atoms in total. The Labute approximate surface area is 85.0 Å². The quantitative estimate of drug-likeness (QED) is 0.652. The van der Waals surface area contributed by atoms with Crippen LogP contribution in [0, 0.1) is 23.7 Å². The lowest BCUT2D eigenvalue weighted by molar-refractivity contribution is -0.146. The minimum Gasteiger partial charge on any atom is -0.481 e. The molecule has 0 aromatic heterocycles. The number of allylic oxidation sites excluding steroid dienone is 2. The molecule has 1 saturated carbocycles. The van der Waals surface area contributed by atoms with E-state index in [1.165, 1.54) is 19.3 Å². The van der Waals surface area contributed by atoms with E-state index < -0.39 is 5.97 Å². The number of carbonyl (C=O) groups is 1. The maximum absolute atomic E-state index is 11.2. The van der Waals surface area contributed by atoms with Crippen molar-refractivity contribution in [3.05, 3.63) is 12.2 Å². The van der Waals surface area contributed by atoms with E-state index in [1.807, 2.05) is 6.92 Å². The molecule has 2 heteroatoms. The Morgan fingerprint density at radius 1 is 1.29 bits per heavy atom. The molecule has 0 unspecified atom stereocenters. The van der Waals surface area contributed by atoms with Crippen molar-refractivity contribution in [3.8, 4) is 0 Å². The summed E-state index contributed by atoms with van der Waals surface area (Å²) in [6, 6.07) is 0. The highest BCUT2D eigenvalue weighted by atomic mass is 16.4. The molecule has 2 aliphatic rings. The van der Waals surface area contributed by atoms with Crippen molar-refractivity contribution in [2.75, 3.05) is 0 Å². The zero-order chi connectivity index (χ0) is 10.1. The minimum absolute atomic E-state index is 0.134. The summed E-state index contributed by atoms with van der Waals surface area (Å²) in [5.41, 5.74) is 0. The van der Waals surface area contributed by atoms with Crippen molar-refractivity contribution in [1.82, 2.24) is 0 Å². The summed E-state index contributed by atoms with van der Waals surface area (Å²) >= 11 is 0. The molecular formula is C12H18O2. The molecule has 2 rings (SSSR count). The monoisotopic (exact) mass is 194 g/mol. The molecule has 0 aromatic carbocycles. The van der Waals surface area contributed by atoms with Crippen LogP contribution in [-0.2, 0) is 4.79 Å². The fraction of sp³-hybridized carbons (Fsp3) is 0.750. The van der Waals surface area contributed by atoms with Crippen LogP contribution in [0.5, 0.6) is 0 Å². The lowest BCUT2D eigenvalue weighted by Crippen LogP contribution is -2.37. The number of fused-ring (bicyclic) bond motifs is 1. The predicted octanol–water partition coefficient (Wildman–Crippen LogP) is 2.70. The Kier molecular flexibility index (Phi) is 2.62. The maximum Gasteiger partial charge on any atom is 0.307 e. The highest BCUT2D eigenvalue weighted by Crippen LogP contribution is 2.42. The molecule has 0 spiro atoms. The normalized spacial score (nSPS) is 41.8. The summed E-state index contributed by atoms with van der Waals surface area (Å²) < 4.78 is 0. The molecule has 4 atom stereocenters. The van der Waals surface area contributed by atoms with Gasteiger partial charge in [-0.05, 0) is 30.6 Å². The molecule has 2 aliphatic carbocycles. The molecule has 1 N–H and O–H groups in total. The molecule has 0 bridgehead atoms. The smallest absolute Gasteiger partial charge is 0.307 e. The number of carboxylic acid groups (broad SMARTS) is 1. The van der Waals surface area contributed by atoms with Gasteiger partial charge in [0.2, 0.25) is 0 Å². The fourth-order valence-corrected chi connectivity index (χ4v) is 3.11. The van der Waals surface area contributed by atoms with Crippen LogP contribution in [0.15, 0.2) is 12.2 Å². The summed E-state index contributed by atoms with van der Waals surface area (Å²) in [5, 5.41) is 9.21. The van der Waals surface area contributed by atoms with Gasteiger partial charge in [-0.25, -0.2) is 0 Å². The van der Waals surface area contributed by atoms with Crippen LogP contribution < -0.4 is 0 Å². The van der Waals surface area contributed by atoms with Gasteiger partial charge in [0.05, 0.1) is 5.92 Å². The molecule has 0 aromatic rings. The first kappa shape index (κ1) is 9.75. The van der Waals surface area contributed by atoms with E-state index in [0.717, 1.165) is 6.42 Å². The van der Waals surface area contributed by atoms with Gasteiger partial charge in [0.15, 0.2) is 0 Å². The molecular weight excluding hydrogens is 176 g/mol. The van der Waals surface area contributed by atoms with Gasteiger partial charge in [-0.3, -0.25) is 4.79 Å². The number of rotatable bonds is 1. The average Bonchev–Trinajstić information content (AvgIpc) is 2.17. The summed E-state index contributed by atoms with van der Waals surface area (Å²) in [7, 11) is 0. The standard InChI is InChI=1S/C12H18O2/c1-8-6-7-9-4-2-3-5-10(9)11(8)12(13)14/h6-11H,2-5H2,1H3,(H,13,14)/t8-,9+,10-,11-/m0/s1. The third-order valence-corrected chi connectivity index (χ3v) is 3.85. The Morgan fingerprint density at radius 3 is 2.71 bits per heavy atom. The number of aliphatic carboxylic acids is 1. The topological polar surface area (TPSA) is 37.3 Å². The molecule has 0 radical (unpaired) electrons. The molecule has 78 valence electrons. The van der Waals surface area contributed by atoms with Gasteiger partial charge in [0.25, 0.3) is 0 Å². The van der Waals surface area contributed by atoms with Crippen molar-refractivity contribution >= 4 is 5.97 Å². The van der Waals surface area contributed by atoms with E-state index >= 15 is 0 Å². The Bertz CT molecular complexity index is 257. The van der Waals surface area contributed by atoms with Crippen molar-refractivity contribution in [3.63, 3.8) is 0 Å². The van der Waals surface area contributed by atoms with Gasteiger partial charge in [0, 0.05) is 0 Å². The van der Waals surface area contributed by atoms with Crippen LogP contribution in [0.4, 0.5) is 0 Å². The maximum atomic E-state index is 11.2. The van der Waals surface area contributed by atoms with E-state index in [-0.39, 0.29) is 11.8 Å². The van der Waals surface area contributed by atoms with Crippen molar-refractivity contribution in [1.29, 1.82) is 0 Å². The van der Waals surface area contributed by atoms with Crippen LogP contribution >= 0.6 is 0 Å². The summed E-state index contributed by atoms with van der Waals surface area (Å²) in [6.45, 7) is 2.03. The molecule has 0 amide bonds. The van der Waals surface area contributed by atoms with Crippen LogP contribution in [-0.4, -0.2) is 11.1 Å². The summed E-state index contributed by atoms with van der Waals surface area (Å²) in [5.74, 6) is 0.429. The van der Waals surface area contributed by atoms with Gasteiger partial charge >= 0.3 is 5.97 Å². The van der Waals surface area contributed by atoms with Gasteiger partial charge in [0.1, 0.15) is 0 Å². The largest absolute Gasteiger partial charge is 0.481 e. The van der Waals surface area contributed by atoms with E-state index in [2.05, 4.69) is 12.2 Å². The first-order valence-corrected chi connectivity index (χ1v) is 5.61. The molecule has 0 aliphatic heterocycles. The third-order valence-electron chi connectivity index (χ3n) is 3.85. The third kappa shape index (κ3) is 1.58. The summed E-state index contributed by atoms with van der Waals surface area (Å²) in [6.07, 6.45) is 9.14. The predicted molar refractivity (Wildman–Crippen MR) is 54.9 cm³/mol. The fourth-order valence-electron chi connectivity index (χ4n) is 3.11. The second-order valence-electron chi connectivity index (χ2n) is 4.72. The number of carboxylic acids is 1. The van der Waals surface area contributed by atoms with Gasteiger partial charge < -0.3 is 5.11 Å². The highest BCUT2D eigenvalue weighted by Gasteiger charge is 2.39. The molecule has 14 heavy (non-hydrogen) atoms. The number of hydrogen-bond donors (Lipinski definition) is 1. The SMILES string of the molecule is C[C@H]1C=C[C@H]2CCCC[C@@H]2[C@H]1C(=O)O. The average molecular weight is 194 g/mol. The summed E-state index contributed by atoms with van der Waals surface area (Å²) in [4.78, 5) is 11.2. The first-order chi connectivity index (χ1) is 6.70. The molecule has 0 saturated heterocycles. The van der Waals surface area contributed by atoms with Crippen LogP contribution in [0.2, 0.25) is 0 Å². The van der Waals surface area contributed by atoms with Crippen molar-refractivity contribution in [2.45, 2.75) is 32.6 Å². The zero-order valence-electron chi connectivity index (χ0n) is 8.65. The van der Waals surface area contributed by atoms with E-state index in [0.29, 0.717) is 11.8 Å². The van der Waals surface area contributed by atoms with Crippen LogP contribution in [0.1, 0.15) is 32.6 Å². The van der Waals surface area contributed by atoms with Crippen LogP contribution in [0.3, 0.4) is 0 Å². The van der Waals surface area contributed by atoms with E-state index in [9.17, 15) is 9.90 Å².